The summed E-state index contributed by atoms with van der Waals surface area (Å²) < 4.78 is 0. The molecule has 10 atom stereocenters. The van der Waals surface area contributed by atoms with E-state index < -0.39 is 170 Å². The second-order valence-electron chi connectivity index (χ2n) is 16.3. The van der Waals surface area contributed by atoms with Gasteiger partial charge in [-0.25, -0.2) is 4.79 Å². The van der Waals surface area contributed by atoms with Gasteiger partial charge in [-0.05, 0) is 37.7 Å². The Balaban J connectivity index is 3.22. The summed E-state index contributed by atoms with van der Waals surface area (Å²) in [6.07, 6.45) is -2.59. The molecule has 0 aliphatic carbocycles. The molecule has 16 N–H and O–H groups in total. The molecule has 0 unspecified atom stereocenters. The van der Waals surface area contributed by atoms with E-state index in [0.29, 0.717) is 12.0 Å². The molecule has 0 fully saturated rings. The fourth-order valence-electron chi connectivity index (χ4n) is 6.09. The number of nitrogens with one attached hydrogen (secondary N) is 8. The molecule has 378 valence electrons. The average Bonchev–Trinajstić information content (AvgIpc) is 3.26. The lowest BCUT2D eigenvalue weighted by Gasteiger charge is -2.29. The number of carboxylic acid groups (broad SMARTS) is 3. The molecular formula is C42H64N10O16. The molecule has 1 rings (SSSR count). The van der Waals surface area contributed by atoms with E-state index >= 15 is 0 Å². The summed E-state index contributed by atoms with van der Waals surface area (Å²) in [4.78, 5) is 152. The number of carbonyl (C=O) groups excluding carboxylic acids is 9. The highest BCUT2D eigenvalue weighted by molar-refractivity contribution is 5.99. The molecule has 0 spiro atoms. The molecule has 26 nitrogen and oxygen atoms in total. The van der Waals surface area contributed by atoms with Gasteiger partial charge in [0.25, 0.3) is 0 Å². The van der Waals surface area contributed by atoms with Gasteiger partial charge in [0.05, 0.1) is 25.5 Å². The number of primary amides is 1. The summed E-state index contributed by atoms with van der Waals surface area (Å²) in [6, 6.07) is -5.65. The predicted octanol–water partition coefficient (Wildman–Crippen LogP) is -4.53. The zero-order valence-corrected chi connectivity index (χ0v) is 38.5. The normalized spacial score (nSPS) is 15.4. The Bertz CT molecular complexity index is 1990. The van der Waals surface area contributed by atoms with Gasteiger partial charge in [-0.2, -0.15) is 0 Å². The Morgan fingerprint density at radius 3 is 1.50 bits per heavy atom. The van der Waals surface area contributed by atoms with Crippen molar-refractivity contribution in [3.63, 3.8) is 0 Å². The van der Waals surface area contributed by atoms with Gasteiger partial charge < -0.3 is 74.4 Å². The van der Waals surface area contributed by atoms with Crippen LogP contribution in [-0.2, 0) is 64.0 Å². The third-order valence-corrected chi connectivity index (χ3v) is 10.3. The fraction of sp³-hybridized carbons (Fsp3) is 0.571. The van der Waals surface area contributed by atoms with Crippen LogP contribution in [0.3, 0.4) is 0 Å². The van der Waals surface area contributed by atoms with Crippen molar-refractivity contribution in [2.75, 3.05) is 6.61 Å². The van der Waals surface area contributed by atoms with Crippen LogP contribution < -0.4 is 54.0 Å². The molecule has 0 saturated carbocycles. The van der Waals surface area contributed by atoms with Gasteiger partial charge in [-0.15, -0.1) is 0 Å². The van der Waals surface area contributed by atoms with Gasteiger partial charge in [0.15, 0.2) is 0 Å². The third kappa shape index (κ3) is 20.5. The molecule has 68 heavy (non-hydrogen) atoms. The van der Waals surface area contributed by atoms with E-state index in [1.807, 2.05) is 0 Å². The quantitative estimate of drug-likeness (QED) is 0.0345. The molecule has 1 aromatic rings. The van der Waals surface area contributed by atoms with Crippen LogP contribution in [0, 0.1) is 11.8 Å². The Morgan fingerprint density at radius 1 is 0.544 bits per heavy atom. The number of aliphatic hydroxyl groups excluding tert-OH is 1. The molecule has 0 aliphatic rings. The van der Waals surface area contributed by atoms with E-state index in [4.69, 9.17) is 16.6 Å². The molecule has 0 bridgehead atoms. The van der Waals surface area contributed by atoms with Crippen molar-refractivity contribution >= 4 is 71.1 Å². The van der Waals surface area contributed by atoms with Gasteiger partial charge in [0.2, 0.25) is 53.2 Å². The van der Waals surface area contributed by atoms with Crippen molar-refractivity contribution < 1.29 is 78.0 Å². The van der Waals surface area contributed by atoms with Crippen molar-refractivity contribution in [3.8, 4) is 0 Å². The van der Waals surface area contributed by atoms with Crippen molar-refractivity contribution in [3.05, 3.63) is 35.9 Å². The lowest BCUT2D eigenvalue weighted by Crippen LogP contribution is -2.61. The minimum atomic E-state index is -1.90. The number of rotatable bonds is 30. The summed E-state index contributed by atoms with van der Waals surface area (Å²) in [6.45, 7) is 8.00. The van der Waals surface area contributed by atoms with Gasteiger partial charge in [-0.1, -0.05) is 64.4 Å². The lowest BCUT2D eigenvalue weighted by atomic mass is 9.96. The Labute approximate surface area is 391 Å². The Kier molecular flexibility index (Phi) is 24.8. The van der Waals surface area contributed by atoms with Crippen LogP contribution in [0.5, 0.6) is 0 Å². The van der Waals surface area contributed by atoms with E-state index in [0.717, 1.165) is 0 Å². The average molecular weight is 965 g/mol. The first-order chi connectivity index (χ1) is 31.7. The maximum absolute atomic E-state index is 13.7. The standard InChI is InChI=1S/C42H64N10O16/c1-7-20(4)33(52-40(65)32(19(2)3)51-35(60)22(6)45-36(61)24(43)16-30(55)56)41(66)46-21(5)34(59)50-28(18-53)39(64)48-26(15-23-11-9-8-10-12-23)37(62)49-27(17-31(57)58)38(63)47-25(42(67)68)13-14-29(44)54/h8-12,19-22,24-28,32-33,53H,7,13-18,43H2,1-6H3,(H2,44,54)(H,45,61)(H,46,66)(H,47,63)(H,48,64)(H,49,62)(H,50,59)(H,51,60)(H,52,65)(H,55,56)(H,57,58)(H,67,68)/t20-,21-,22-,24-,25-,26-,27-,28-,32-,33-/m0/s1. The Hall–Kier alpha value is -7.22. The third-order valence-electron chi connectivity index (χ3n) is 10.3. The second kappa shape index (κ2) is 28.7. The number of hydrogen-bond acceptors (Lipinski definition) is 14. The molecule has 0 radical (unpaired) electrons. The molecule has 0 aromatic heterocycles. The number of carboxylic acids is 3. The summed E-state index contributed by atoms with van der Waals surface area (Å²) in [7, 11) is 0. The lowest BCUT2D eigenvalue weighted by molar-refractivity contribution is -0.144. The number of hydrogen-bond donors (Lipinski definition) is 14. The van der Waals surface area contributed by atoms with Crippen LogP contribution in [0.25, 0.3) is 0 Å². The Morgan fingerprint density at radius 2 is 1.00 bits per heavy atom. The van der Waals surface area contributed by atoms with Gasteiger partial charge in [0, 0.05) is 12.8 Å². The summed E-state index contributed by atoms with van der Waals surface area (Å²) in [5.74, 6) is -14.5. The first-order valence-corrected chi connectivity index (χ1v) is 21.5. The highest BCUT2D eigenvalue weighted by Gasteiger charge is 2.36. The van der Waals surface area contributed by atoms with Crippen LogP contribution >= 0.6 is 0 Å². The fourth-order valence-corrected chi connectivity index (χ4v) is 6.09. The molecule has 9 amide bonds. The zero-order valence-electron chi connectivity index (χ0n) is 38.5. The minimum Gasteiger partial charge on any atom is -0.481 e. The number of aliphatic carboxylic acids is 3. The number of benzene rings is 1. The SMILES string of the molecule is CC[C@H](C)[C@H](NC(=O)[C@@H](NC(=O)[C@H](C)NC(=O)[C@@H](N)CC(=O)O)C(C)C)C(=O)N[C@@H](C)C(=O)N[C@@H](CO)C(=O)N[C@@H](Cc1ccccc1)C(=O)N[C@@H](CC(=O)O)C(=O)N[C@@H](CCC(N)=O)C(=O)O. The molecule has 0 aliphatic heterocycles. The maximum Gasteiger partial charge on any atom is 0.326 e. The van der Waals surface area contributed by atoms with Gasteiger partial charge >= 0.3 is 17.9 Å². The van der Waals surface area contributed by atoms with Crippen molar-refractivity contribution in [2.24, 2.45) is 23.3 Å². The molecular weight excluding hydrogens is 901 g/mol. The van der Waals surface area contributed by atoms with E-state index in [9.17, 15) is 72.9 Å². The van der Waals surface area contributed by atoms with E-state index in [1.165, 1.54) is 13.8 Å². The first-order valence-electron chi connectivity index (χ1n) is 21.5. The summed E-state index contributed by atoms with van der Waals surface area (Å²) >= 11 is 0. The van der Waals surface area contributed by atoms with E-state index in [1.54, 1.807) is 58.0 Å². The van der Waals surface area contributed by atoms with Crippen molar-refractivity contribution in [1.82, 2.24) is 42.5 Å². The smallest absolute Gasteiger partial charge is 0.326 e. The number of aliphatic hydroxyl groups is 1. The highest BCUT2D eigenvalue weighted by atomic mass is 16.4. The summed E-state index contributed by atoms with van der Waals surface area (Å²) in [5, 5.41) is 56.7. The molecule has 1 aromatic carbocycles. The predicted molar refractivity (Wildman–Crippen MR) is 237 cm³/mol. The topological polar surface area (TPSA) is 434 Å². The van der Waals surface area contributed by atoms with Crippen LogP contribution in [-0.4, -0.2) is 152 Å². The number of amides is 9. The first kappa shape index (κ1) is 58.8. The van der Waals surface area contributed by atoms with Gasteiger partial charge in [0.1, 0.15) is 48.3 Å². The second-order valence-corrected chi connectivity index (χ2v) is 16.3. The van der Waals surface area contributed by atoms with Crippen LogP contribution in [0.15, 0.2) is 30.3 Å². The molecule has 26 heteroatoms. The van der Waals surface area contributed by atoms with E-state index in [2.05, 4.69) is 42.5 Å². The van der Waals surface area contributed by atoms with Crippen LogP contribution in [0.1, 0.15) is 79.2 Å². The molecule has 0 heterocycles. The van der Waals surface area contributed by atoms with Crippen molar-refractivity contribution in [1.29, 1.82) is 0 Å². The van der Waals surface area contributed by atoms with Gasteiger partial charge in [-0.3, -0.25) is 52.7 Å². The van der Waals surface area contributed by atoms with Crippen molar-refractivity contribution in [2.45, 2.75) is 134 Å². The van der Waals surface area contributed by atoms with Crippen LogP contribution in [0.2, 0.25) is 0 Å². The minimum absolute atomic E-state index is 0.280. The monoisotopic (exact) mass is 964 g/mol. The number of nitrogens with two attached hydrogens (primary N) is 2. The maximum atomic E-state index is 13.7. The highest BCUT2D eigenvalue weighted by Crippen LogP contribution is 2.12. The summed E-state index contributed by atoms with van der Waals surface area (Å²) in [5.41, 5.74) is 11.1. The zero-order chi connectivity index (χ0) is 52.0. The van der Waals surface area contributed by atoms with Crippen LogP contribution in [0.4, 0.5) is 0 Å². The van der Waals surface area contributed by atoms with E-state index in [-0.39, 0.29) is 6.42 Å². The number of carbonyl (C=O) groups is 12. The molecule has 0 saturated heterocycles. The largest absolute Gasteiger partial charge is 0.481 e.